The van der Waals surface area contributed by atoms with Crippen LogP contribution in [0, 0.1) is 0 Å². The second-order valence-electron chi connectivity index (χ2n) is 4.33. The SMILES string of the molecule is NCc1ccccc1NC(=O)Cc1ccc(N)cc1. The molecule has 0 aliphatic heterocycles. The van der Waals surface area contributed by atoms with E-state index in [1.165, 1.54) is 0 Å². The summed E-state index contributed by atoms with van der Waals surface area (Å²) < 4.78 is 0. The van der Waals surface area contributed by atoms with Crippen LogP contribution in [0.5, 0.6) is 0 Å². The normalized spacial score (nSPS) is 10.2. The predicted molar refractivity (Wildman–Crippen MR) is 77.5 cm³/mol. The number of hydrogen-bond acceptors (Lipinski definition) is 3. The van der Waals surface area contributed by atoms with Crippen molar-refractivity contribution in [2.45, 2.75) is 13.0 Å². The lowest BCUT2D eigenvalue weighted by atomic mass is 10.1. The third-order valence-electron chi connectivity index (χ3n) is 2.86. The Morgan fingerprint density at radius 2 is 1.74 bits per heavy atom. The van der Waals surface area contributed by atoms with Crippen molar-refractivity contribution in [3.05, 3.63) is 59.7 Å². The Labute approximate surface area is 112 Å². The Morgan fingerprint density at radius 3 is 2.42 bits per heavy atom. The van der Waals surface area contributed by atoms with E-state index in [0.717, 1.165) is 16.8 Å². The topological polar surface area (TPSA) is 81.1 Å². The molecule has 0 aliphatic carbocycles. The molecule has 0 bridgehead atoms. The van der Waals surface area contributed by atoms with Crippen LogP contribution in [0.15, 0.2) is 48.5 Å². The van der Waals surface area contributed by atoms with Crippen LogP contribution in [0.25, 0.3) is 0 Å². The van der Waals surface area contributed by atoms with Gasteiger partial charge in [0.25, 0.3) is 0 Å². The number of benzene rings is 2. The zero-order valence-electron chi connectivity index (χ0n) is 10.6. The first-order valence-corrected chi connectivity index (χ1v) is 6.11. The molecule has 0 saturated carbocycles. The van der Waals surface area contributed by atoms with Gasteiger partial charge in [0, 0.05) is 17.9 Å². The Bertz CT molecular complexity index is 564. The van der Waals surface area contributed by atoms with Crippen molar-refractivity contribution in [2.75, 3.05) is 11.1 Å². The van der Waals surface area contributed by atoms with E-state index in [9.17, 15) is 4.79 Å². The van der Waals surface area contributed by atoms with Gasteiger partial charge in [0.1, 0.15) is 0 Å². The van der Waals surface area contributed by atoms with Crippen LogP contribution < -0.4 is 16.8 Å². The highest BCUT2D eigenvalue weighted by Gasteiger charge is 2.06. The molecule has 19 heavy (non-hydrogen) atoms. The predicted octanol–water partition coefficient (Wildman–Crippen LogP) is 1.91. The fourth-order valence-corrected chi connectivity index (χ4v) is 1.84. The van der Waals surface area contributed by atoms with Crippen LogP contribution in [-0.2, 0) is 17.8 Å². The molecule has 0 heterocycles. The summed E-state index contributed by atoms with van der Waals surface area (Å²) >= 11 is 0. The molecule has 0 fully saturated rings. The van der Waals surface area contributed by atoms with E-state index in [-0.39, 0.29) is 5.91 Å². The lowest BCUT2D eigenvalue weighted by Crippen LogP contribution is -2.16. The Hall–Kier alpha value is -2.33. The van der Waals surface area contributed by atoms with Crippen LogP contribution in [0.3, 0.4) is 0 Å². The summed E-state index contributed by atoms with van der Waals surface area (Å²) in [6.07, 6.45) is 0.319. The standard InChI is InChI=1S/C15H17N3O/c16-10-12-3-1-2-4-14(12)18-15(19)9-11-5-7-13(17)8-6-11/h1-8H,9-10,16-17H2,(H,18,19). The van der Waals surface area contributed by atoms with Gasteiger partial charge >= 0.3 is 0 Å². The number of nitrogen functional groups attached to an aromatic ring is 1. The molecule has 2 aromatic rings. The summed E-state index contributed by atoms with van der Waals surface area (Å²) in [4.78, 5) is 12.0. The van der Waals surface area contributed by atoms with Gasteiger partial charge in [0.2, 0.25) is 5.91 Å². The molecule has 0 saturated heterocycles. The summed E-state index contributed by atoms with van der Waals surface area (Å²) in [7, 11) is 0. The van der Waals surface area contributed by atoms with Gasteiger partial charge in [-0.1, -0.05) is 30.3 Å². The summed E-state index contributed by atoms with van der Waals surface area (Å²) in [6, 6.07) is 14.8. The van der Waals surface area contributed by atoms with Crippen molar-refractivity contribution in [1.29, 1.82) is 0 Å². The van der Waals surface area contributed by atoms with Gasteiger partial charge in [-0.3, -0.25) is 4.79 Å². The molecule has 1 amide bonds. The largest absolute Gasteiger partial charge is 0.399 e. The number of nitrogens with two attached hydrogens (primary N) is 2. The molecule has 0 unspecified atom stereocenters. The van der Waals surface area contributed by atoms with Crippen molar-refractivity contribution in [3.8, 4) is 0 Å². The molecule has 0 atom stereocenters. The molecular formula is C15H17N3O. The van der Waals surface area contributed by atoms with Gasteiger partial charge in [-0.15, -0.1) is 0 Å². The number of anilines is 2. The third kappa shape index (κ3) is 3.56. The lowest BCUT2D eigenvalue weighted by Gasteiger charge is -2.09. The number of nitrogens with one attached hydrogen (secondary N) is 1. The first kappa shape index (κ1) is 13.1. The van der Waals surface area contributed by atoms with E-state index in [1.807, 2.05) is 36.4 Å². The molecule has 0 spiro atoms. The maximum atomic E-state index is 12.0. The second-order valence-corrected chi connectivity index (χ2v) is 4.33. The van der Waals surface area contributed by atoms with E-state index in [0.29, 0.717) is 18.7 Å². The third-order valence-corrected chi connectivity index (χ3v) is 2.86. The van der Waals surface area contributed by atoms with E-state index in [4.69, 9.17) is 11.5 Å². The Balaban J connectivity index is 2.03. The van der Waals surface area contributed by atoms with E-state index in [1.54, 1.807) is 12.1 Å². The molecule has 2 aromatic carbocycles. The highest BCUT2D eigenvalue weighted by Crippen LogP contribution is 2.15. The van der Waals surface area contributed by atoms with Gasteiger partial charge in [-0.05, 0) is 29.3 Å². The molecule has 4 heteroatoms. The monoisotopic (exact) mass is 255 g/mol. The van der Waals surface area contributed by atoms with Crippen LogP contribution in [0.1, 0.15) is 11.1 Å². The highest BCUT2D eigenvalue weighted by molar-refractivity contribution is 5.93. The molecule has 0 radical (unpaired) electrons. The van der Waals surface area contributed by atoms with E-state index < -0.39 is 0 Å². The van der Waals surface area contributed by atoms with Gasteiger partial charge in [0.15, 0.2) is 0 Å². The van der Waals surface area contributed by atoms with Crippen molar-refractivity contribution >= 4 is 17.3 Å². The van der Waals surface area contributed by atoms with Crippen LogP contribution >= 0.6 is 0 Å². The number of rotatable bonds is 4. The molecule has 0 aromatic heterocycles. The summed E-state index contributed by atoms with van der Waals surface area (Å²) in [5.74, 6) is -0.0642. The van der Waals surface area contributed by atoms with Gasteiger partial charge in [-0.25, -0.2) is 0 Å². The van der Waals surface area contributed by atoms with Gasteiger partial charge in [0.05, 0.1) is 6.42 Å². The Kier molecular flexibility index (Phi) is 4.15. The van der Waals surface area contributed by atoms with E-state index >= 15 is 0 Å². The van der Waals surface area contributed by atoms with Crippen molar-refractivity contribution in [3.63, 3.8) is 0 Å². The van der Waals surface area contributed by atoms with Crippen LogP contribution in [0.2, 0.25) is 0 Å². The fourth-order valence-electron chi connectivity index (χ4n) is 1.84. The maximum Gasteiger partial charge on any atom is 0.228 e. The number of amides is 1. The molecule has 98 valence electrons. The molecular weight excluding hydrogens is 238 g/mol. The van der Waals surface area contributed by atoms with Crippen LogP contribution in [-0.4, -0.2) is 5.91 Å². The number of para-hydroxylation sites is 1. The number of carbonyl (C=O) groups is 1. The van der Waals surface area contributed by atoms with E-state index in [2.05, 4.69) is 5.32 Å². The lowest BCUT2D eigenvalue weighted by molar-refractivity contribution is -0.115. The highest BCUT2D eigenvalue weighted by atomic mass is 16.1. The summed E-state index contributed by atoms with van der Waals surface area (Å²) in [5.41, 5.74) is 14.5. The minimum Gasteiger partial charge on any atom is -0.399 e. The quantitative estimate of drug-likeness (QED) is 0.730. The average molecular weight is 255 g/mol. The second kappa shape index (κ2) is 6.02. The molecule has 4 nitrogen and oxygen atoms in total. The first-order chi connectivity index (χ1) is 9.19. The zero-order chi connectivity index (χ0) is 13.7. The van der Waals surface area contributed by atoms with Crippen molar-refractivity contribution in [2.24, 2.45) is 5.73 Å². The van der Waals surface area contributed by atoms with Gasteiger partial charge < -0.3 is 16.8 Å². The summed E-state index contributed by atoms with van der Waals surface area (Å²) in [6.45, 7) is 0.401. The molecule has 0 aliphatic rings. The molecule has 2 rings (SSSR count). The van der Waals surface area contributed by atoms with Gasteiger partial charge in [-0.2, -0.15) is 0 Å². The Morgan fingerprint density at radius 1 is 1.05 bits per heavy atom. The average Bonchev–Trinajstić information content (AvgIpc) is 2.42. The minimum atomic E-state index is -0.0642. The summed E-state index contributed by atoms with van der Waals surface area (Å²) in [5, 5.41) is 2.87. The smallest absolute Gasteiger partial charge is 0.228 e. The zero-order valence-corrected chi connectivity index (χ0v) is 10.6. The maximum absolute atomic E-state index is 12.0. The first-order valence-electron chi connectivity index (χ1n) is 6.11. The molecule has 5 N–H and O–H groups in total. The minimum absolute atomic E-state index is 0.0642. The van der Waals surface area contributed by atoms with Crippen LogP contribution in [0.4, 0.5) is 11.4 Å². The van der Waals surface area contributed by atoms with Crippen molar-refractivity contribution in [1.82, 2.24) is 0 Å². The fraction of sp³-hybridized carbons (Fsp3) is 0.133. The van der Waals surface area contributed by atoms with Crippen molar-refractivity contribution < 1.29 is 4.79 Å². The number of hydrogen-bond donors (Lipinski definition) is 3. The number of carbonyl (C=O) groups excluding carboxylic acids is 1.